The first-order valence-corrected chi connectivity index (χ1v) is 8.27. The van der Waals surface area contributed by atoms with E-state index < -0.39 is 0 Å². The fourth-order valence-electron chi connectivity index (χ4n) is 3.31. The number of carbonyl (C=O) groups is 1. The lowest BCUT2D eigenvalue weighted by Crippen LogP contribution is -2.24. The van der Waals surface area contributed by atoms with Crippen molar-refractivity contribution in [2.24, 2.45) is 0 Å². The molecule has 120 valence electrons. The highest BCUT2D eigenvalue weighted by atomic mass is 16.1. The second-order valence-electron chi connectivity index (χ2n) is 6.44. The number of nitrogens with zero attached hydrogens (tertiary/aromatic N) is 2. The van der Waals surface area contributed by atoms with Gasteiger partial charge in [-0.1, -0.05) is 18.2 Å². The molecule has 0 radical (unpaired) electrons. The number of rotatable bonds is 5. The summed E-state index contributed by atoms with van der Waals surface area (Å²) in [5.74, 6) is 0. The first-order valence-electron chi connectivity index (χ1n) is 8.27. The maximum atomic E-state index is 11.1. The molecule has 0 amide bonds. The maximum Gasteiger partial charge on any atom is 0.150 e. The molecule has 0 bridgehead atoms. The van der Waals surface area contributed by atoms with Crippen LogP contribution in [0.15, 0.2) is 42.5 Å². The Labute approximate surface area is 138 Å². The van der Waals surface area contributed by atoms with Crippen LogP contribution in [0.5, 0.6) is 0 Å². The van der Waals surface area contributed by atoms with Crippen molar-refractivity contribution in [2.75, 3.05) is 32.1 Å². The molecule has 3 heteroatoms. The highest BCUT2D eigenvalue weighted by Gasteiger charge is 2.20. The van der Waals surface area contributed by atoms with Crippen molar-refractivity contribution in [1.29, 1.82) is 0 Å². The number of hydrogen-bond acceptors (Lipinski definition) is 3. The van der Waals surface area contributed by atoms with E-state index in [2.05, 4.69) is 54.2 Å². The van der Waals surface area contributed by atoms with Crippen molar-refractivity contribution in [2.45, 2.75) is 19.3 Å². The monoisotopic (exact) mass is 308 g/mol. The van der Waals surface area contributed by atoms with Crippen LogP contribution in [0.3, 0.4) is 0 Å². The molecule has 0 saturated carbocycles. The third-order valence-electron chi connectivity index (χ3n) is 4.46. The van der Waals surface area contributed by atoms with Crippen molar-refractivity contribution < 1.29 is 4.79 Å². The van der Waals surface area contributed by atoms with E-state index in [1.54, 1.807) is 0 Å². The van der Waals surface area contributed by atoms with E-state index in [9.17, 15) is 4.79 Å². The van der Waals surface area contributed by atoms with E-state index in [-0.39, 0.29) is 0 Å². The van der Waals surface area contributed by atoms with Gasteiger partial charge in [-0.15, -0.1) is 0 Å². The Morgan fingerprint density at radius 1 is 1.04 bits per heavy atom. The molecule has 0 aromatic heterocycles. The lowest BCUT2D eigenvalue weighted by Gasteiger charge is -2.27. The van der Waals surface area contributed by atoms with Gasteiger partial charge in [0.25, 0.3) is 0 Å². The van der Waals surface area contributed by atoms with Gasteiger partial charge in [0.2, 0.25) is 0 Å². The standard InChI is InChI=1S/C20H24N2O/c1-21(2)12-5-13-22-19-7-4-3-6-17(19)9-10-18-14-16(15-23)8-11-20(18)22/h3-4,6-8,11,14-15H,5,9-10,12-13H2,1-2H3. The lowest BCUT2D eigenvalue weighted by molar-refractivity contribution is 0.112. The van der Waals surface area contributed by atoms with Crippen LogP contribution in [0.25, 0.3) is 0 Å². The zero-order valence-corrected chi connectivity index (χ0v) is 14.0. The summed E-state index contributed by atoms with van der Waals surface area (Å²) in [5.41, 5.74) is 5.99. The lowest BCUT2D eigenvalue weighted by atomic mass is 10.0. The predicted molar refractivity (Wildman–Crippen MR) is 95.9 cm³/mol. The van der Waals surface area contributed by atoms with Crippen LogP contribution >= 0.6 is 0 Å². The smallest absolute Gasteiger partial charge is 0.150 e. The second-order valence-corrected chi connectivity index (χ2v) is 6.44. The zero-order valence-electron chi connectivity index (χ0n) is 14.0. The van der Waals surface area contributed by atoms with Crippen LogP contribution in [-0.2, 0) is 12.8 Å². The Kier molecular flexibility index (Phi) is 4.77. The van der Waals surface area contributed by atoms with Gasteiger partial charge in [-0.3, -0.25) is 4.79 Å². The molecule has 1 heterocycles. The van der Waals surface area contributed by atoms with E-state index in [1.807, 2.05) is 12.1 Å². The van der Waals surface area contributed by atoms with Crippen LogP contribution in [0, 0.1) is 0 Å². The van der Waals surface area contributed by atoms with Crippen molar-refractivity contribution in [3.63, 3.8) is 0 Å². The quantitative estimate of drug-likeness (QED) is 0.787. The van der Waals surface area contributed by atoms with Crippen LogP contribution < -0.4 is 4.90 Å². The van der Waals surface area contributed by atoms with Crippen LogP contribution in [0.2, 0.25) is 0 Å². The third-order valence-corrected chi connectivity index (χ3v) is 4.46. The van der Waals surface area contributed by atoms with Crippen molar-refractivity contribution in [1.82, 2.24) is 4.90 Å². The molecule has 1 aliphatic heterocycles. The first-order chi connectivity index (χ1) is 11.2. The largest absolute Gasteiger partial charge is 0.341 e. The van der Waals surface area contributed by atoms with E-state index in [1.165, 1.54) is 22.5 Å². The summed E-state index contributed by atoms with van der Waals surface area (Å²) in [6.07, 6.45) is 4.05. The Morgan fingerprint density at radius 2 is 1.78 bits per heavy atom. The van der Waals surface area contributed by atoms with Crippen LogP contribution in [0.4, 0.5) is 11.4 Å². The number of para-hydroxylation sites is 1. The molecule has 0 unspecified atom stereocenters. The third kappa shape index (κ3) is 3.45. The number of fused-ring (bicyclic) bond motifs is 2. The number of aryl methyl sites for hydroxylation is 2. The Hall–Kier alpha value is -2.13. The summed E-state index contributed by atoms with van der Waals surface area (Å²) in [4.78, 5) is 15.8. The normalized spacial score (nSPS) is 13.4. The van der Waals surface area contributed by atoms with Gasteiger partial charge >= 0.3 is 0 Å². The molecule has 0 fully saturated rings. The second kappa shape index (κ2) is 6.97. The zero-order chi connectivity index (χ0) is 16.2. The first kappa shape index (κ1) is 15.8. The van der Waals surface area contributed by atoms with E-state index in [0.717, 1.165) is 44.2 Å². The minimum atomic E-state index is 0.767. The molecule has 1 aliphatic rings. The molecule has 0 N–H and O–H groups in total. The van der Waals surface area contributed by atoms with Gasteiger partial charge in [-0.25, -0.2) is 0 Å². The van der Waals surface area contributed by atoms with E-state index >= 15 is 0 Å². The van der Waals surface area contributed by atoms with Gasteiger partial charge in [0, 0.05) is 23.5 Å². The van der Waals surface area contributed by atoms with Crippen LogP contribution in [0.1, 0.15) is 27.9 Å². The minimum Gasteiger partial charge on any atom is -0.341 e. The fourth-order valence-corrected chi connectivity index (χ4v) is 3.31. The summed E-state index contributed by atoms with van der Waals surface area (Å²) in [5, 5.41) is 0. The van der Waals surface area contributed by atoms with Crippen molar-refractivity contribution in [3.05, 3.63) is 59.2 Å². The van der Waals surface area contributed by atoms with Gasteiger partial charge in [-0.05, 0) is 75.3 Å². The number of anilines is 2. The average Bonchev–Trinajstić information content (AvgIpc) is 2.71. The van der Waals surface area contributed by atoms with Crippen LogP contribution in [-0.4, -0.2) is 38.4 Å². The van der Waals surface area contributed by atoms with Gasteiger partial charge in [0.05, 0.1) is 0 Å². The molecule has 0 aliphatic carbocycles. The molecule has 3 rings (SSSR count). The Bertz CT molecular complexity index is 694. The van der Waals surface area contributed by atoms with E-state index in [4.69, 9.17) is 0 Å². The predicted octanol–water partition coefficient (Wildman–Crippen LogP) is 3.69. The number of carbonyl (C=O) groups excluding carboxylic acids is 1. The molecule has 2 aromatic carbocycles. The van der Waals surface area contributed by atoms with E-state index in [0.29, 0.717) is 0 Å². The molecular weight excluding hydrogens is 284 g/mol. The summed E-state index contributed by atoms with van der Waals surface area (Å²) in [6, 6.07) is 14.8. The van der Waals surface area contributed by atoms with Crippen molar-refractivity contribution >= 4 is 17.7 Å². The highest BCUT2D eigenvalue weighted by molar-refractivity contribution is 5.79. The average molecular weight is 308 g/mol. The topological polar surface area (TPSA) is 23.6 Å². The molecular formula is C20H24N2O. The van der Waals surface area contributed by atoms with Gasteiger partial charge in [0.1, 0.15) is 6.29 Å². The SMILES string of the molecule is CN(C)CCCN1c2ccccc2CCc2cc(C=O)ccc21. The van der Waals surface area contributed by atoms with Gasteiger partial charge in [-0.2, -0.15) is 0 Å². The molecule has 0 atom stereocenters. The number of aldehydes is 1. The molecule has 0 spiro atoms. The fraction of sp³-hybridized carbons (Fsp3) is 0.350. The summed E-state index contributed by atoms with van der Waals surface area (Å²) >= 11 is 0. The summed E-state index contributed by atoms with van der Waals surface area (Å²) in [7, 11) is 4.22. The maximum absolute atomic E-state index is 11.1. The Morgan fingerprint density at radius 3 is 2.57 bits per heavy atom. The number of benzene rings is 2. The molecule has 2 aromatic rings. The molecule has 23 heavy (non-hydrogen) atoms. The molecule has 3 nitrogen and oxygen atoms in total. The number of hydrogen-bond donors (Lipinski definition) is 0. The molecule has 0 saturated heterocycles. The van der Waals surface area contributed by atoms with Crippen molar-refractivity contribution in [3.8, 4) is 0 Å². The highest BCUT2D eigenvalue weighted by Crippen LogP contribution is 2.36. The summed E-state index contributed by atoms with van der Waals surface area (Å²) < 4.78 is 0. The minimum absolute atomic E-state index is 0.767. The van der Waals surface area contributed by atoms with Gasteiger partial charge in [0.15, 0.2) is 0 Å². The Balaban J connectivity index is 1.98. The summed E-state index contributed by atoms with van der Waals surface area (Å²) in [6.45, 7) is 2.06. The van der Waals surface area contributed by atoms with Gasteiger partial charge < -0.3 is 9.80 Å².